The topological polar surface area (TPSA) is 41.6 Å². The Morgan fingerprint density at radius 1 is 1.41 bits per heavy atom. The lowest BCUT2D eigenvalue weighted by molar-refractivity contribution is -0.168. The van der Waals surface area contributed by atoms with Gasteiger partial charge < -0.3 is 15.0 Å². The first-order valence-electron chi connectivity index (χ1n) is 6.74. The van der Waals surface area contributed by atoms with Crippen molar-refractivity contribution < 1.29 is 9.53 Å². The minimum absolute atomic E-state index is 0.0594. The van der Waals surface area contributed by atoms with Crippen LogP contribution in [0.4, 0.5) is 0 Å². The summed E-state index contributed by atoms with van der Waals surface area (Å²) in [5, 5.41) is 3.35. The Balaban J connectivity index is 1.93. The molecule has 0 bridgehead atoms. The van der Waals surface area contributed by atoms with E-state index in [0.29, 0.717) is 5.92 Å². The largest absolute Gasteiger partial charge is 0.363 e. The molecule has 17 heavy (non-hydrogen) atoms. The molecule has 2 aliphatic rings. The molecule has 4 heteroatoms. The quantitative estimate of drug-likeness (QED) is 0.800. The molecule has 0 aromatic rings. The minimum atomic E-state index is -0.0594. The molecule has 2 saturated heterocycles. The fourth-order valence-electron chi connectivity index (χ4n) is 2.59. The van der Waals surface area contributed by atoms with Crippen molar-refractivity contribution in [3.8, 4) is 0 Å². The van der Waals surface area contributed by atoms with Crippen molar-refractivity contribution in [2.75, 3.05) is 32.8 Å². The molecule has 0 unspecified atom stereocenters. The molecule has 2 aliphatic heterocycles. The third kappa shape index (κ3) is 3.19. The van der Waals surface area contributed by atoms with Crippen molar-refractivity contribution in [3.63, 3.8) is 0 Å². The van der Waals surface area contributed by atoms with Gasteiger partial charge in [-0.2, -0.15) is 0 Å². The maximum Gasteiger partial charge on any atom is 0.248 e. The summed E-state index contributed by atoms with van der Waals surface area (Å²) < 4.78 is 5.82. The van der Waals surface area contributed by atoms with Crippen LogP contribution in [0.2, 0.25) is 0 Å². The zero-order valence-electron chi connectivity index (χ0n) is 11.0. The molecule has 1 N–H and O–H groups in total. The van der Waals surface area contributed by atoms with E-state index in [1.807, 2.05) is 4.90 Å². The highest BCUT2D eigenvalue weighted by atomic mass is 16.5. The van der Waals surface area contributed by atoms with Crippen LogP contribution >= 0.6 is 0 Å². The first-order chi connectivity index (χ1) is 8.11. The van der Waals surface area contributed by atoms with E-state index < -0.39 is 0 Å². The van der Waals surface area contributed by atoms with Gasteiger partial charge in [0.2, 0.25) is 5.91 Å². The maximum absolute atomic E-state index is 11.8. The van der Waals surface area contributed by atoms with Crippen LogP contribution in [0.1, 0.15) is 33.1 Å². The molecule has 0 atom stereocenters. The predicted molar refractivity (Wildman–Crippen MR) is 66.8 cm³/mol. The van der Waals surface area contributed by atoms with E-state index in [0.717, 1.165) is 45.4 Å². The Hall–Kier alpha value is -0.610. The number of carbonyl (C=O) groups is 1. The van der Waals surface area contributed by atoms with E-state index in [1.54, 1.807) is 0 Å². The van der Waals surface area contributed by atoms with E-state index in [1.165, 1.54) is 0 Å². The Kier molecular flexibility index (Phi) is 4.05. The van der Waals surface area contributed by atoms with Gasteiger partial charge in [-0.15, -0.1) is 0 Å². The molecule has 1 spiro atoms. The SMILES string of the molecule is CC(C)CCN1CC2(CCNCC2)OCC1=O. The van der Waals surface area contributed by atoms with Crippen LogP contribution in [0.5, 0.6) is 0 Å². The van der Waals surface area contributed by atoms with Crippen LogP contribution in [-0.4, -0.2) is 49.2 Å². The van der Waals surface area contributed by atoms with Crippen molar-refractivity contribution >= 4 is 5.91 Å². The van der Waals surface area contributed by atoms with E-state index in [-0.39, 0.29) is 18.1 Å². The van der Waals surface area contributed by atoms with Crippen LogP contribution in [0.3, 0.4) is 0 Å². The van der Waals surface area contributed by atoms with Crippen molar-refractivity contribution in [1.82, 2.24) is 10.2 Å². The number of rotatable bonds is 3. The molecule has 0 radical (unpaired) electrons. The number of piperidine rings is 1. The van der Waals surface area contributed by atoms with Gasteiger partial charge in [0, 0.05) is 13.1 Å². The number of ether oxygens (including phenoxy) is 1. The first kappa shape index (κ1) is 12.8. The van der Waals surface area contributed by atoms with Gasteiger partial charge >= 0.3 is 0 Å². The molecular formula is C13H24N2O2. The van der Waals surface area contributed by atoms with Crippen molar-refractivity contribution in [2.24, 2.45) is 5.92 Å². The number of nitrogens with one attached hydrogen (secondary N) is 1. The maximum atomic E-state index is 11.8. The number of hydrogen-bond donors (Lipinski definition) is 1. The summed E-state index contributed by atoms with van der Waals surface area (Å²) in [6, 6.07) is 0. The Morgan fingerprint density at radius 2 is 2.12 bits per heavy atom. The Bertz CT molecular complexity index is 273. The monoisotopic (exact) mass is 240 g/mol. The zero-order chi connectivity index (χ0) is 12.3. The third-order valence-corrected chi connectivity index (χ3v) is 3.82. The standard InChI is InChI=1S/C13H24N2O2/c1-11(2)3-8-15-10-13(17-9-12(15)16)4-6-14-7-5-13/h11,14H,3-10H2,1-2H3. The lowest BCUT2D eigenvalue weighted by atomic mass is 9.90. The summed E-state index contributed by atoms with van der Waals surface area (Å²) in [6.45, 7) is 8.36. The van der Waals surface area contributed by atoms with Gasteiger partial charge in [0.25, 0.3) is 0 Å². The van der Waals surface area contributed by atoms with Gasteiger partial charge in [0.15, 0.2) is 0 Å². The first-order valence-corrected chi connectivity index (χ1v) is 6.74. The summed E-state index contributed by atoms with van der Waals surface area (Å²) in [5.74, 6) is 0.810. The number of morpholine rings is 1. The van der Waals surface area contributed by atoms with Crippen LogP contribution in [0, 0.1) is 5.92 Å². The molecule has 1 amide bonds. The van der Waals surface area contributed by atoms with Crippen LogP contribution in [0.25, 0.3) is 0 Å². The van der Waals surface area contributed by atoms with Crippen molar-refractivity contribution in [1.29, 1.82) is 0 Å². The van der Waals surface area contributed by atoms with Crippen LogP contribution in [0.15, 0.2) is 0 Å². The second-order valence-electron chi connectivity index (χ2n) is 5.72. The molecule has 2 rings (SSSR count). The molecular weight excluding hydrogens is 216 g/mol. The summed E-state index contributed by atoms with van der Waals surface area (Å²) >= 11 is 0. The van der Waals surface area contributed by atoms with Gasteiger partial charge in [0.05, 0.1) is 5.60 Å². The van der Waals surface area contributed by atoms with E-state index in [9.17, 15) is 4.79 Å². The predicted octanol–water partition coefficient (Wildman–Crippen LogP) is 1.01. The molecule has 0 saturated carbocycles. The third-order valence-electron chi connectivity index (χ3n) is 3.82. The Labute approximate surface area is 104 Å². The Morgan fingerprint density at radius 3 is 2.76 bits per heavy atom. The van der Waals surface area contributed by atoms with E-state index in [4.69, 9.17) is 4.74 Å². The molecule has 98 valence electrons. The summed E-state index contributed by atoms with van der Waals surface area (Å²) in [7, 11) is 0. The molecule has 2 heterocycles. The second-order valence-corrected chi connectivity index (χ2v) is 5.72. The smallest absolute Gasteiger partial charge is 0.248 e. The minimum Gasteiger partial charge on any atom is -0.363 e. The van der Waals surface area contributed by atoms with Gasteiger partial charge in [-0.25, -0.2) is 0 Å². The van der Waals surface area contributed by atoms with Gasteiger partial charge in [0.1, 0.15) is 6.61 Å². The van der Waals surface area contributed by atoms with Gasteiger partial charge in [-0.3, -0.25) is 4.79 Å². The van der Waals surface area contributed by atoms with E-state index >= 15 is 0 Å². The van der Waals surface area contributed by atoms with Gasteiger partial charge in [-0.1, -0.05) is 13.8 Å². The zero-order valence-corrected chi connectivity index (χ0v) is 11.0. The van der Waals surface area contributed by atoms with Gasteiger partial charge in [-0.05, 0) is 38.3 Å². The lowest BCUT2D eigenvalue weighted by Crippen LogP contribution is -2.58. The molecule has 2 fully saturated rings. The normalized spacial score (nSPS) is 24.6. The van der Waals surface area contributed by atoms with Crippen molar-refractivity contribution in [2.45, 2.75) is 38.7 Å². The molecule has 0 aliphatic carbocycles. The average Bonchev–Trinajstić information content (AvgIpc) is 2.32. The number of amides is 1. The lowest BCUT2D eigenvalue weighted by Gasteiger charge is -2.45. The summed E-state index contributed by atoms with van der Waals surface area (Å²) in [6.07, 6.45) is 3.14. The molecule has 4 nitrogen and oxygen atoms in total. The average molecular weight is 240 g/mol. The van der Waals surface area contributed by atoms with Crippen LogP contribution in [-0.2, 0) is 9.53 Å². The number of carbonyl (C=O) groups excluding carboxylic acids is 1. The van der Waals surface area contributed by atoms with Crippen LogP contribution < -0.4 is 5.32 Å². The molecule has 0 aromatic heterocycles. The van der Waals surface area contributed by atoms with E-state index in [2.05, 4.69) is 19.2 Å². The highest BCUT2D eigenvalue weighted by Crippen LogP contribution is 2.28. The number of nitrogens with zero attached hydrogens (tertiary/aromatic N) is 1. The second kappa shape index (κ2) is 5.36. The summed E-state index contributed by atoms with van der Waals surface area (Å²) in [5.41, 5.74) is -0.0594. The highest BCUT2D eigenvalue weighted by molar-refractivity contribution is 5.78. The summed E-state index contributed by atoms with van der Waals surface area (Å²) in [4.78, 5) is 13.8. The highest BCUT2D eigenvalue weighted by Gasteiger charge is 2.40. The fourth-order valence-corrected chi connectivity index (χ4v) is 2.59. The molecule has 0 aromatic carbocycles. The fraction of sp³-hybridized carbons (Fsp3) is 0.923. The number of hydrogen-bond acceptors (Lipinski definition) is 3. The van der Waals surface area contributed by atoms with Crippen molar-refractivity contribution in [3.05, 3.63) is 0 Å².